The number of hydrogen-bond acceptors (Lipinski definition) is 3. The van der Waals surface area contributed by atoms with E-state index in [1.807, 2.05) is 0 Å². The summed E-state index contributed by atoms with van der Waals surface area (Å²) >= 11 is 5.75. The van der Waals surface area contributed by atoms with Gasteiger partial charge in [0.1, 0.15) is 5.02 Å². The van der Waals surface area contributed by atoms with Crippen molar-refractivity contribution in [3.05, 3.63) is 22.5 Å². The molecular formula is C9H9ClFNO2. The molecule has 0 saturated heterocycles. The minimum absolute atomic E-state index is 0.0627. The molecule has 14 heavy (non-hydrogen) atoms. The molecule has 0 aliphatic carbocycles. The van der Waals surface area contributed by atoms with E-state index in [4.69, 9.17) is 26.8 Å². The van der Waals surface area contributed by atoms with Crippen LogP contribution in [0.1, 0.15) is 18.5 Å². The molecule has 1 heterocycles. The average molecular weight is 218 g/mol. The minimum Gasteiger partial charge on any atom is -0.454 e. The van der Waals surface area contributed by atoms with Gasteiger partial charge in [-0.15, -0.1) is 0 Å². The fourth-order valence-corrected chi connectivity index (χ4v) is 1.59. The predicted octanol–water partition coefficient (Wildman–Crippen LogP) is 2.23. The highest BCUT2D eigenvalue weighted by molar-refractivity contribution is 6.32. The predicted molar refractivity (Wildman–Crippen MR) is 50.1 cm³/mol. The first-order chi connectivity index (χ1) is 6.61. The van der Waals surface area contributed by atoms with Crippen LogP contribution in [0.5, 0.6) is 11.5 Å². The van der Waals surface area contributed by atoms with Gasteiger partial charge in [0.2, 0.25) is 6.79 Å². The first-order valence-corrected chi connectivity index (χ1v) is 4.52. The Hall–Kier alpha value is -1.00. The summed E-state index contributed by atoms with van der Waals surface area (Å²) in [6, 6.07) is 1.09. The molecule has 0 spiro atoms. The fraction of sp³-hybridized carbons (Fsp3) is 0.333. The standard InChI is InChI=1S/C9H9ClFNO2/c1-4(12)5-2-6-9(14-3-13-6)7(10)8(5)11/h2,4H,3,12H2,1H3. The molecule has 0 saturated carbocycles. The minimum atomic E-state index is -0.536. The third-order valence-electron chi connectivity index (χ3n) is 2.06. The monoisotopic (exact) mass is 217 g/mol. The summed E-state index contributed by atoms with van der Waals surface area (Å²) in [6.07, 6.45) is 0. The molecule has 0 bridgehead atoms. The lowest BCUT2D eigenvalue weighted by molar-refractivity contribution is 0.174. The molecule has 0 aromatic heterocycles. The van der Waals surface area contributed by atoms with Gasteiger partial charge in [-0.1, -0.05) is 11.6 Å². The van der Waals surface area contributed by atoms with E-state index in [9.17, 15) is 4.39 Å². The molecule has 3 nitrogen and oxygen atoms in total. The summed E-state index contributed by atoms with van der Waals surface area (Å²) in [6.45, 7) is 1.74. The van der Waals surface area contributed by atoms with E-state index >= 15 is 0 Å². The van der Waals surface area contributed by atoms with E-state index < -0.39 is 11.9 Å². The summed E-state index contributed by atoms with van der Waals surface area (Å²) in [5.74, 6) is 0.170. The lowest BCUT2D eigenvalue weighted by Crippen LogP contribution is -2.07. The van der Waals surface area contributed by atoms with Crippen LogP contribution in [0.2, 0.25) is 5.02 Å². The summed E-state index contributed by atoms with van der Waals surface area (Å²) in [7, 11) is 0. The molecule has 2 N–H and O–H groups in total. The molecule has 0 amide bonds. The van der Waals surface area contributed by atoms with Crippen molar-refractivity contribution >= 4 is 11.6 Å². The van der Waals surface area contributed by atoms with Crippen molar-refractivity contribution in [2.45, 2.75) is 13.0 Å². The Balaban J connectivity index is 2.61. The maximum atomic E-state index is 13.6. The molecule has 1 aromatic carbocycles. The normalized spacial score (nSPS) is 15.7. The van der Waals surface area contributed by atoms with Crippen LogP contribution in [-0.2, 0) is 0 Å². The summed E-state index contributed by atoms with van der Waals surface area (Å²) < 4.78 is 23.7. The van der Waals surface area contributed by atoms with E-state index in [1.54, 1.807) is 6.92 Å². The van der Waals surface area contributed by atoms with E-state index in [1.165, 1.54) is 6.07 Å². The van der Waals surface area contributed by atoms with Crippen molar-refractivity contribution in [3.63, 3.8) is 0 Å². The quantitative estimate of drug-likeness (QED) is 0.785. The second-order valence-electron chi connectivity index (χ2n) is 3.12. The first-order valence-electron chi connectivity index (χ1n) is 4.14. The van der Waals surface area contributed by atoms with Crippen molar-refractivity contribution in [2.75, 3.05) is 6.79 Å². The van der Waals surface area contributed by atoms with Crippen LogP contribution in [0, 0.1) is 5.82 Å². The fourth-order valence-electron chi connectivity index (χ4n) is 1.33. The van der Waals surface area contributed by atoms with Crippen LogP contribution in [0.4, 0.5) is 4.39 Å². The molecule has 0 fully saturated rings. The van der Waals surface area contributed by atoms with Crippen molar-refractivity contribution < 1.29 is 13.9 Å². The Labute approximate surface area is 85.6 Å². The largest absolute Gasteiger partial charge is 0.454 e. The summed E-state index contributed by atoms with van der Waals surface area (Å²) in [5, 5.41) is -0.0627. The number of halogens is 2. The molecule has 1 unspecified atom stereocenters. The Bertz CT molecular complexity index is 382. The SMILES string of the molecule is CC(N)c1cc2c(c(Cl)c1F)OCO2. The number of fused-ring (bicyclic) bond motifs is 1. The summed E-state index contributed by atoms with van der Waals surface area (Å²) in [5.41, 5.74) is 5.92. The second-order valence-corrected chi connectivity index (χ2v) is 3.49. The second kappa shape index (κ2) is 3.29. The maximum absolute atomic E-state index is 13.6. The molecule has 2 rings (SSSR count). The number of benzene rings is 1. The van der Waals surface area contributed by atoms with E-state index in [-0.39, 0.29) is 17.6 Å². The van der Waals surface area contributed by atoms with E-state index in [0.29, 0.717) is 11.3 Å². The molecular weight excluding hydrogens is 209 g/mol. The maximum Gasteiger partial charge on any atom is 0.231 e. The topological polar surface area (TPSA) is 44.5 Å². The van der Waals surface area contributed by atoms with Gasteiger partial charge >= 0.3 is 0 Å². The Morgan fingerprint density at radius 1 is 1.57 bits per heavy atom. The zero-order chi connectivity index (χ0) is 10.3. The Morgan fingerprint density at radius 3 is 2.93 bits per heavy atom. The number of nitrogens with two attached hydrogens (primary N) is 1. The van der Waals surface area contributed by atoms with E-state index in [2.05, 4.69) is 0 Å². The molecule has 0 radical (unpaired) electrons. The molecule has 1 aliphatic heterocycles. The van der Waals surface area contributed by atoms with Gasteiger partial charge in [0.25, 0.3) is 0 Å². The molecule has 1 aromatic rings. The van der Waals surface area contributed by atoms with Crippen LogP contribution < -0.4 is 15.2 Å². The van der Waals surface area contributed by atoms with Crippen molar-refractivity contribution in [1.29, 1.82) is 0 Å². The molecule has 1 aliphatic rings. The van der Waals surface area contributed by atoms with Crippen LogP contribution in [0.15, 0.2) is 6.07 Å². The third-order valence-corrected chi connectivity index (χ3v) is 2.40. The molecule has 5 heteroatoms. The average Bonchev–Trinajstić information content (AvgIpc) is 2.58. The van der Waals surface area contributed by atoms with Gasteiger partial charge < -0.3 is 15.2 Å². The molecule has 1 atom stereocenters. The highest BCUT2D eigenvalue weighted by atomic mass is 35.5. The van der Waals surface area contributed by atoms with Crippen LogP contribution in [-0.4, -0.2) is 6.79 Å². The van der Waals surface area contributed by atoms with Crippen molar-refractivity contribution in [2.24, 2.45) is 5.73 Å². The van der Waals surface area contributed by atoms with Gasteiger partial charge in [-0.3, -0.25) is 0 Å². The van der Waals surface area contributed by atoms with Gasteiger partial charge in [-0.05, 0) is 13.0 Å². The molecule has 76 valence electrons. The van der Waals surface area contributed by atoms with Gasteiger partial charge in [-0.25, -0.2) is 4.39 Å². The number of rotatable bonds is 1. The number of hydrogen-bond donors (Lipinski definition) is 1. The zero-order valence-corrected chi connectivity index (χ0v) is 8.27. The number of ether oxygens (including phenoxy) is 2. The van der Waals surface area contributed by atoms with Crippen molar-refractivity contribution in [1.82, 2.24) is 0 Å². The van der Waals surface area contributed by atoms with Crippen molar-refractivity contribution in [3.8, 4) is 11.5 Å². The van der Waals surface area contributed by atoms with E-state index in [0.717, 1.165) is 0 Å². The van der Waals surface area contributed by atoms with Crippen LogP contribution >= 0.6 is 11.6 Å². The van der Waals surface area contributed by atoms with Crippen LogP contribution in [0.25, 0.3) is 0 Å². The zero-order valence-electron chi connectivity index (χ0n) is 7.51. The van der Waals surface area contributed by atoms with Gasteiger partial charge in [0.05, 0.1) is 0 Å². The van der Waals surface area contributed by atoms with Gasteiger partial charge in [-0.2, -0.15) is 0 Å². The smallest absolute Gasteiger partial charge is 0.231 e. The highest BCUT2D eigenvalue weighted by Gasteiger charge is 2.24. The highest BCUT2D eigenvalue weighted by Crippen LogP contribution is 2.42. The Kier molecular flexibility index (Phi) is 2.25. The van der Waals surface area contributed by atoms with Gasteiger partial charge in [0, 0.05) is 11.6 Å². The first kappa shape index (κ1) is 9.55. The lowest BCUT2D eigenvalue weighted by Gasteiger charge is -2.09. The Morgan fingerprint density at radius 2 is 2.29 bits per heavy atom. The summed E-state index contributed by atoms with van der Waals surface area (Å²) in [4.78, 5) is 0. The lowest BCUT2D eigenvalue weighted by atomic mass is 10.1. The third kappa shape index (κ3) is 1.31. The van der Waals surface area contributed by atoms with Crippen LogP contribution in [0.3, 0.4) is 0 Å². The van der Waals surface area contributed by atoms with Gasteiger partial charge in [0.15, 0.2) is 17.3 Å².